The second-order valence-electron chi connectivity index (χ2n) is 9.51. The summed E-state index contributed by atoms with van der Waals surface area (Å²) >= 11 is 0. The van der Waals surface area contributed by atoms with Gasteiger partial charge in [0.2, 0.25) is 0 Å². The number of rotatable bonds is 6. The van der Waals surface area contributed by atoms with E-state index in [0.717, 1.165) is 36.1 Å². The lowest BCUT2D eigenvalue weighted by Gasteiger charge is -2.24. The number of benzene rings is 2. The second-order valence-corrected chi connectivity index (χ2v) is 9.51. The lowest BCUT2D eigenvalue weighted by molar-refractivity contribution is 0.0786. The maximum Gasteiger partial charge on any atom is 0.255 e. The van der Waals surface area contributed by atoms with Crippen molar-refractivity contribution in [2.45, 2.75) is 32.4 Å². The van der Waals surface area contributed by atoms with Crippen LogP contribution in [0.1, 0.15) is 34.3 Å². The van der Waals surface area contributed by atoms with Gasteiger partial charge in [-0.3, -0.25) is 14.8 Å². The number of aliphatic hydroxyl groups excluding tert-OH is 1. The molecule has 7 heteroatoms. The molecule has 1 aliphatic rings. The summed E-state index contributed by atoms with van der Waals surface area (Å²) in [4.78, 5) is 24.6. The lowest BCUT2D eigenvalue weighted by Crippen LogP contribution is -2.38. The SMILES string of the molecule is Cc1cc(F)cc(-c2cnc3ccc(-c4cncc(CO)c4)cc3c2C(=O)N(C)C[C@@H]2CCCN2)c1. The van der Waals surface area contributed by atoms with Gasteiger partial charge in [-0.1, -0.05) is 12.1 Å². The molecular weight excluding hydrogens is 455 g/mol. The molecule has 1 amide bonds. The molecule has 1 saturated heterocycles. The monoisotopic (exact) mass is 484 g/mol. The van der Waals surface area contributed by atoms with E-state index < -0.39 is 0 Å². The molecule has 6 nitrogen and oxygen atoms in total. The van der Waals surface area contributed by atoms with Crippen LogP contribution in [0.25, 0.3) is 33.2 Å². The van der Waals surface area contributed by atoms with Gasteiger partial charge in [0.1, 0.15) is 5.82 Å². The summed E-state index contributed by atoms with van der Waals surface area (Å²) in [5.74, 6) is -0.486. The number of aryl methyl sites for hydroxylation is 1. The summed E-state index contributed by atoms with van der Waals surface area (Å²) in [5, 5.41) is 13.7. The van der Waals surface area contributed by atoms with Crippen LogP contribution in [0.5, 0.6) is 0 Å². The number of fused-ring (bicyclic) bond motifs is 1. The Labute approximate surface area is 209 Å². The van der Waals surface area contributed by atoms with Crippen LogP contribution in [0.2, 0.25) is 0 Å². The molecule has 0 saturated carbocycles. The van der Waals surface area contributed by atoms with Crippen LogP contribution < -0.4 is 5.32 Å². The maximum atomic E-state index is 14.4. The highest BCUT2D eigenvalue weighted by Crippen LogP contribution is 2.33. The number of carbonyl (C=O) groups is 1. The van der Waals surface area contributed by atoms with Gasteiger partial charge in [0, 0.05) is 54.7 Å². The van der Waals surface area contributed by atoms with E-state index in [0.29, 0.717) is 39.7 Å². The van der Waals surface area contributed by atoms with E-state index >= 15 is 0 Å². The minimum Gasteiger partial charge on any atom is -0.392 e. The number of nitrogens with zero attached hydrogens (tertiary/aromatic N) is 3. The van der Waals surface area contributed by atoms with Gasteiger partial charge in [-0.25, -0.2) is 4.39 Å². The number of hydrogen-bond acceptors (Lipinski definition) is 5. The fraction of sp³-hybridized carbons (Fsp3) is 0.276. The van der Waals surface area contributed by atoms with Gasteiger partial charge in [0.05, 0.1) is 17.7 Å². The first kappa shape index (κ1) is 24.0. The van der Waals surface area contributed by atoms with Crippen molar-refractivity contribution in [3.05, 3.63) is 83.6 Å². The van der Waals surface area contributed by atoms with Crippen LogP contribution in [0.15, 0.2) is 61.1 Å². The summed E-state index contributed by atoms with van der Waals surface area (Å²) in [7, 11) is 1.81. The van der Waals surface area contributed by atoms with Crippen LogP contribution in [-0.2, 0) is 6.61 Å². The van der Waals surface area contributed by atoms with Crippen LogP contribution >= 0.6 is 0 Å². The molecule has 2 N–H and O–H groups in total. The predicted molar refractivity (Wildman–Crippen MR) is 139 cm³/mol. The molecule has 1 atom stereocenters. The average Bonchev–Trinajstić information content (AvgIpc) is 3.39. The zero-order valence-electron chi connectivity index (χ0n) is 20.5. The maximum absolute atomic E-state index is 14.4. The summed E-state index contributed by atoms with van der Waals surface area (Å²) in [5.41, 5.74) is 5.55. The van der Waals surface area contributed by atoms with Crippen molar-refractivity contribution in [1.29, 1.82) is 0 Å². The zero-order valence-corrected chi connectivity index (χ0v) is 20.5. The lowest BCUT2D eigenvalue weighted by atomic mass is 9.93. The first-order valence-electron chi connectivity index (χ1n) is 12.2. The van der Waals surface area contributed by atoms with E-state index in [-0.39, 0.29) is 24.4 Å². The number of pyridine rings is 2. The van der Waals surface area contributed by atoms with Gasteiger partial charge in [-0.05, 0) is 78.9 Å². The van der Waals surface area contributed by atoms with Crippen molar-refractivity contribution in [3.8, 4) is 22.3 Å². The van der Waals surface area contributed by atoms with E-state index in [9.17, 15) is 14.3 Å². The summed E-state index contributed by atoms with van der Waals surface area (Å²) in [6.07, 6.45) is 7.15. The topological polar surface area (TPSA) is 78.4 Å². The molecule has 184 valence electrons. The standard InChI is InChI=1S/C29H29FN4O2/c1-18-8-21(11-23(30)9-18)26-15-33-27-6-5-20(22-10-19(17-35)13-31-14-22)12-25(27)28(26)29(36)34(2)16-24-4-3-7-32-24/h5-6,8-15,24,32,35H,3-4,7,16-17H2,1-2H3/t24-/m0/s1. The van der Waals surface area contributed by atoms with Gasteiger partial charge in [-0.15, -0.1) is 0 Å². The molecule has 36 heavy (non-hydrogen) atoms. The van der Waals surface area contributed by atoms with Gasteiger partial charge in [0.25, 0.3) is 5.91 Å². The van der Waals surface area contributed by atoms with Crippen molar-refractivity contribution in [2.75, 3.05) is 20.1 Å². The molecule has 0 spiro atoms. The minimum absolute atomic E-state index is 0.108. The number of aromatic nitrogens is 2. The van der Waals surface area contributed by atoms with Gasteiger partial charge in [0.15, 0.2) is 0 Å². The Hall–Kier alpha value is -3.68. The van der Waals surface area contributed by atoms with Crippen LogP contribution in [-0.4, -0.2) is 52.1 Å². The highest BCUT2D eigenvalue weighted by molar-refractivity contribution is 6.12. The Morgan fingerprint density at radius 1 is 1.11 bits per heavy atom. The summed E-state index contributed by atoms with van der Waals surface area (Å²) < 4.78 is 14.4. The first-order chi connectivity index (χ1) is 17.4. The van der Waals surface area contributed by atoms with E-state index in [4.69, 9.17) is 0 Å². The molecule has 3 heterocycles. The molecule has 4 aromatic rings. The molecule has 1 aliphatic heterocycles. The largest absolute Gasteiger partial charge is 0.392 e. The van der Waals surface area contributed by atoms with Gasteiger partial charge < -0.3 is 15.3 Å². The third kappa shape index (κ3) is 4.85. The summed E-state index contributed by atoms with van der Waals surface area (Å²) in [6.45, 7) is 3.28. The molecule has 0 unspecified atom stereocenters. The third-order valence-electron chi connectivity index (χ3n) is 6.75. The number of nitrogens with one attached hydrogen (secondary N) is 1. The number of aliphatic hydroxyl groups is 1. The Bertz CT molecular complexity index is 1410. The smallest absolute Gasteiger partial charge is 0.255 e. The molecule has 1 fully saturated rings. The van der Waals surface area contributed by atoms with Gasteiger partial charge >= 0.3 is 0 Å². The number of halogens is 1. The van der Waals surface area contributed by atoms with E-state index in [1.54, 1.807) is 23.5 Å². The Kier molecular flexibility index (Phi) is 6.76. The van der Waals surface area contributed by atoms with Crippen molar-refractivity contribution in [3.63, 3.8) is 0 Å². The van der Waals surface area contributed by atoms with E-state index in [1.165, 1.54) is 12.1 Å². The van der Waals surface area contributed by atoms with Crippen molar-refractivity contribution in [2.24, 2.45) is 0 Å². The second kappa shape index (κ2) is 10.1. The Morgan fingerprint density at radius 2 is 1.97 bits per heavy atom. The number of hydrogen-bond donors (Lipinski definition) is 2. The zero-order chi connectivity index (χ0) is 25.2. The molecule has 2 aromatic carbocycles. The van der Waals surface area contributed by atoms with Crippen LogP contribution in [0, 0.1) is 12.7 Å². The Morgan fingerprint density at radius 3 is 2.72 bits per heavy atom. The van der Waals surface area contributed by atoms with Gasteiger partial charge in [-0.2, -0.15) is 0 Å². The fourth-order valence-electron chi connectivity index (χ4n) is 4.96. The van der Waals surface area contributed by atoms with Crippen molar-refractivity contribution >= 4 is 16.8 Å². The van der Waals surface area contributed by atoms with E-state index in [2.05, 4.69) is 15.3 Å². The predicted octanol–water partition coefficient (Wildman–Crippen LogP) is 4.73. The molecular formula is C29H29FN4O2. The molecule has 2 aromatic heterocycles. The normalized spacial score (nSPS) is 15.4. The summed E-state index contributed by atoms with van der Waals surface area (Å²) in [6, 6.07) is 12.7. The van der Waals surface area contributed by atoms with Crippen LogP contribution in [0.3, 0.4) is 0 Å². The highest BCUT2D eigenvalue weighted by Gasteiger charge is 2.25. The van der Waals surface area contributed by atoms with Crippen molar-refractivity contribution < 1.29 is 14.3 Å². The van der Waals surface area contributed by atoms with Crippen LogP contribution in [0.4, 0.5) is 4.39 Å². The number of carbonyl (C=O) groups excluding carboxylic acids is 1. The quantitative estimate of drug-likeness (QED) is 0.414. The molecule has 0 radical (unpaired) electrons. The third-order valence-corrected chi connectivity index (χ3v) is 6.75. The van der Waals surface area contributed by atoms with E-state index in [1.807, 2.05) is 44.3 Å². The first-order valence-corrected chi connectivity index (χ1v) is 12.2. The number of likely N-dealkylation sites (N-methyl/N-ethyl adjacent to an activating group) is 1. The fourth-order valence-corrected chi connectivity index (χ4v) is 4.96. The minimum atomic E-state index is -0.354. The molecule has 0 bridgehead atoms. The molecule has 5 rings (SSSR count). The highest BCUT2D eigenvalue weighted by atomic mass is 19.1. The number of amides is 1. The molecule has 0 aliphatic carbocycles. The Balaban J connectivity index is 1.69. The average molecular weight is 485 g/mol. The van der Waals surface area contributed by atoms with Crippen molar-refractivity contribution in [1.82, 2.24) is 20.2 Å².